The summed E-state index contributed by atoms with van der Waals surface area (Å²) in [5.41, 5.74) is -0.287. The summed E-state index contributed by atoms with van der Waals surface area (Å²) in [5.74, 6) is -1.83. The average Bonchev–Trinajstić information content (AvgIpc) is 2.54. The van der Waals surface area contributed by atoms with Gasteiger partial charge in [0.15, 0.2) is 0 Å². The molecular formula is C12H11BrFNO3. The molecule has 6 heteroatoms. The van der Waals surface area contributed by atoms with Crippen molar-refractivity contribution in [1.82, 2.24) is 5.32 Å². The van der Waals surface area contributed by atoms with Crippen LogP contribution in [0.15, 0.2) is 22.7 Å². The van der Waals surface area contributed by atoms with E-state index in [1.54, 1.807) is 6.92 Å². The van der Waals surface area contributed by atoms with E-state index in [2.05, 4.69) is 21.2 Å². The molecular weight excluding hydrogens is 305 g/mol. The van der Waals surface area contributed by atoms with Gasteiger partial charge in [-0.2, -0.15) is 0 Å². The summed E-state index contributed by atoms with van der Waals surface area (Å²) in [6, 6.07) is 3.03. The second-order valence-corrected chi connectivity index (χ2v) is 5.41. The molecule has 18 heavy (non-hydrogen) atoms. The van der Waals surface area contributed by atoms with Gasteiger partial charge in [-0.05, 0) is 17.7 Å². The Hall–Kier alpha value is -1.43. The minimum absolute atomic E-state index is 0.0637. The smallest absolute Gasteiger partial charge is 0.327 e. The number of carboxylic acid groups (broad SMARTS) is 1. The normalized spacial score (nSPS) is 27.1. The van der Waals surface area contributed by atoms with Crippen LogP contribution in [0.5, 0.6) is 0 Å². The van der Waals surface area contributed by atoms with Gasteiger partial charge in [-0.3, -0.25) is 4.79 Å². The maximum atomic E-state index is 13.1. The van der Waals surface area contributed by atoms with Gasteiger partial charge in [-0.25, -0.2) is 9.18 Å². The molecule has 2 atom stereocenters. The summed E-state index contributed by atoms with van der Waals surface area (Å²) in [6.07, 6.45) is 0.0637. The van der Waals surface area contributed by atoms with Gasteiger partial charge in [-0.1, -0.05) is 28.9 Å². The quantitative estimate of drug-likeness (QED) is 0.875. The molecule has 1 amide bonds. The van der Waals surface area contributed by atoms with Crippen LogP contribution in [0.4, 0.5) is 4.39 Å². The maximum Gasteiger partial charge on any atom is 0.327 e. The van der Waals surface area contributed by atoms with E-state index in [0.29, 0.717) is 10.0 Å². The highest BCUT2D eigenvalue weighted by Crippen LogP contribution is 2.39. The summed E-state index contributed by atoms with van der Waals surface area (Å²) in [6.45, 7) is 1.68. The lowest BCUT2D eigenvalue weighted by molar-refractivity contribution is -0.141. The number of aliphatic carboxylic acids is 1. The Kier molecular flexibility index (Phi) is 3.14. The molecule has 0 spiro atoms. The molecule has 1 fully saturated rings. The summed E-state index contributed by atoms with van der Waals surface area (Å²) in [7, 11) is 0. The van der Waals surface area contributed by atoms with Crippen molar-refractivity contribution in [2.75, 3.05) is 0 Å². The molecule has 1 aliphatic heterocycles. The molecule has 0 aromatic heterocycles. The Morgan fingerprint density at radius 2 is 2.28 bits per heavy atom. The van der Waals surface area contributed by atoms with Gasteiger partial charge in [0.1, 0.15) is 11.9 Å². The van der Waals surface area contributed by atoms with Crippen molar-refractivity contribution in [3.8, 4) is 0 Å². The first kappa shape index (κ1) is 13.0. The first-order valence-corrected chi connectivity index (χ1v) is 6.11. The molecule has 0 saturated carbocycles. The van der Waals surface area contributed by atoms with Gasteiger partial charge in [0.05, 0.1) is 0 Å². The molecule has 0 radical (unpaired) electrons. The Morgan fingerprint density at radius 3 is 2.83 bits per heavy atom. The molecule has 1 aromatic rings. The van der Waals surface area contributed by atoms with Gasteiger partial charge < -0.3 is 10.4 Å². The van der Waals surface area contributed by atoms with Crippen LogP contribution in [-0.4, -0.2) is 23.0 Å². The van der Waals surface area contributed by atoms with Crippen LogP contribution in [0.25, 0.3) is 0 Å². The molecule has 0 bridgehead atoms. The highest BCUT2D eigenvalue weighted by atomic mass is 79.9. The number of hydrogen-bond donors (Lipinski definition) is 2. The average molecular weight is 316 g/mol. The molecule has 1 aliphatic rings. The second-order valence-electron chi connectivity index (χ2n) is 4.56. The summed E-state index contributed by atoms with van der Waals surface area (Å²) < 4.78 is 13.5. The van der Waals surface area contributed by atoms with Crippen LogP contribution < -0.4 is 5.32 Å². The van der Waals surface area contributed by atoms with Gasteiger partial charge >= 0.3 is 5.97 Å². The van der Waals surface area contributed by atoms with E-state index in [1.807, 2.05) is 0 Å². The van der Waals surface area contributed by atoms with Crippen molar-refractivity contribution >= 4 is 27.8 Å². The van der Waals surface area contributed by atoms with E-state index in [4.69, 9.17) is 5.11 Å². The number of carbonyl (C=O) groups is 2. The zero-order chi connectivity index (χ0) is 13.5. The fraction of sp³-hybridized carbons (Fsp3) is 0.333. The minimum Gasteiger partial charge on any atom is -0.480 e. The summed E-state index contributed by atoms with van der Waals surface area (Å²) in [5, 5.41) is 11.6. The van der Waals surface area contributed by atoms with Crippen molar-refractivity contribution in [2.45, 2.75) is 24.8 Å². The Balaban J connectivity index is 2.52. The van der Waals surface area contributed by atoms with Crippen molar-refractivity contribution in [3.63, 3.8) is 0 Å². The Bertz CT molecular complexity index is 534. The zero-order valence-corrected chi connectivity index (χ0v) is 11.1. The first-order chi connectivity index (χ1) is 8.34. The predicted molar refractivity (Wildman–Crippen MR) is 65.6 cm³/mol. The Morgan fingerprint density at radius 1 is 1.61 bits per heavy atom. The van der Waals surface area contributed by atoms with Crippen LogP contribution in [0.2, 0.25) is 0 Å². The molecule has 2 unspecified atom stereocenters. The predicted octanol–water partition coefficient (Wildman–Crippen LogP) is 1.82. The zero-order valence-electron chi connectivity index (χ0n) is 9.54. The summed E-state index contributed by atoms with van der Waals surface area (Å²) >= 11 is 3.22. The topological polar surface area (TPSA) is 66.4 Å². The van der Waals surface area contributed by atoms with E-state index in [9.17, 15) is 14.0 Å². The Labute approximate surface area is 111 Å². The first-order valence-electron chi connectivity index (χ1n) is 5.32. The lowest BCUT2D eigenvalue weighted by Crippen LogP contribution is -2.44. The van der Waals surface area contributed by atoms with Crippen LogP contribution in [0.3, 0.4) is 0 Å². The van der Waals surface area contributed by atoms with Crippen LogP contribution in [0, 0.1) is 5.82 Å². The molecule has 2 N–H and O–H groups in total. The minimum atomic E-state index is -1.10. The number of rotatable bonds is 2. The third-order valence-corrected chi connectivity index (χ3v) is 3.92. The monoisotopic (exact) mass is 315 g/mol. The molecule has 4 nitrogen and oxygen atoms in total. The number of benzene rings is 1. The van der Waals surface area contributed by atoms with Gasteiger partial charge in [0.2, 0.25) is 5.91 Å². The van der Waals surface area contributed by atoms with E-state index < -0.39 is 23.2 Å². The number of nitrogens with one attached hydrogen (secondary N) is 1. The standard InChI is InChI=1S/C12H11BrFNO3/c1-12(5-9(16)15-10(12)11(17)18)7-3-2-6(14)4-8(7)13/h2-4,10H,5H2,1H3,(H,15,16)(H,17,18). The SMILES string of the molecule is CC1(c2ccc(F)cc2Br)CC(=O)NC1C(=O)O. The number of carbonyl (C=O) groups excluding carboxylic acids is 1. The summed E-state index contributed by atoms with van der Waals surface area (Å²) in [4.78, 5) is 22.7. The maximum absolute atomic E-state index is 13.1. The molecule has 1 aromatic carbocycles. The molecule has 96 valence electrons. The molecule has 2 rings (SSSR count). The third kappa shape index (κ3) is 2.01. The lowest BCUT2D eigenvalue weighted by atomic mass is 9.76. The van der Waals surface area contributed by atoms with E-state index >= 15 is 0 Å². The number of halogens is 2. The van der Waals surface area contributed by atoms with E-state index in [0.717, 1.165) is 0 Å². The molecule has 1 saturated heterocycles. The van der Waals surface area contributed by atoms with Crippen molar-refractivity contribution in [3.05, 3.63) is 34.1 Å². The highest BCUT2D eigenvalue weighted by Gasteiger charge is 2.49. The fourth-order valence-corrected chi connectivity index (χ4v) is 3.15. The molecule has 1 heterocycles. The van der Waals surface area contributed by atoms with Crippen LogP contribution in [-0.2, 0) is 15.0 Å². The van der Waals surface area contributed by atoms with Crippen LogP contribution >= 0.6 is 15.9 Å². The second kappa shape index (κ2) is 4.35. The van der Waals surface area contributed by atoms with Crippen molar-refractivity contribution < 1.29 is 19.1 Å². The fourth-order valence-electron chi connectivity index (χ4n) is 2.34. The highest BCUT2D eigenvalue weighted by molar-refractivity contribution is 9.10. The third-order valence-electron chi connectivity index (χ3n) is 3.26. The number of amides is 1. The largest absolute Gasteiger partial charge is 0.480 e. The van der Waals surface area contributed by atoms with Gasteiger partial charge in [0.25, 0.3) is 0 Å². The van der Waals surface area contributed by atoms with Gasteiger partial charge in [0, 0.05) is 16.3 Å². The van der Waals surface area contributed by atoms with E-state index in [-0.39, 0.29) is 12.3 Å². The van der Waals surface area contributed by atoms with E-state index in [1.165, 1.54) is 18.2 Å². The number of hydrogen-bond acceptors (Lipinski definition) is 2. The lowest BCUT2D eigenvalue weighted by Gasteiger charge is -2.28. The van der Waals surface area contributed by atoms with Crippen molar-refractivity contribution in [2.24, 2.45) is 0 Å². The number of carboxylic acids is 1. The van der Waals surface area contributed by atoms with Crippen molar-refractivity contribution in [1.29, 1.82) is 0 Å². The van der Waals surface area contributed by atoms with Gasteiger partial charge in [-0.15, -0.1) is 0 Å². The van der Waals surface area contributed by atoms with Crippen LogP contribution in [0.1, 0.15) is 18.9 Å². The molecule has 0 aliphatic carbocycles.